The van der Waals surface area contributed by atoms with Crippen molar-refractivity contribution in [2.75, 3.05) is 6.61 Å². The molecule has 1 unspecified atom stereocenters. The zero-order valence-corrected chi connectivity index (χ0v) is 29.4. The standard InChI is InChI=1S/C26H52O3.2C7H6O2/c1-3-5-7-9-11-12-13-14-15-16-17-18-19-21-23-25(27)26(28)29-24-22-20-10-8-6-4-2;2*8-7(9)6-4-2-1-3-5-6/h25,27H,3-24H2,1-2H3;2*1-5H,(H,8,9). The largest absolute Gasteiger partial charge is 0.478 e. The lowest BCUT2D eigenvalue weighted by atomic mass is 10.0. The van der Waals surface area contributed by atoms with Crippen LogP contribution in [0.15, 0.2) is 60.7 Å². The van der Waals surface area contributed by atoms with E-state index in [0.717, 1.165) is 25.7 Å². The van der Waals surface area contributed by atoms with Gasteiger partial charge in [0.15, 0.2) is 6.10 Å². The van der Waals surface area contributed by atoms with Gasteiger partial charge in [0, 0.05) is 0 Å². The quantitative estimate of drug-likeness (QED) is 0.0718. The van der Waals surface area contributed by atoms with Crippen LogP contribution in [-0.2, 0) is 9.53 Å². The third kappa shape index (κ3) is 28.7. The lowest BCUT2D eigenvalue weighted by molar-refractivity contribution is -0.154. The molecule has 0 saturated carbocycles. The summed E-state index contributed by atoms with van der Waals surface area (Å²) in [7, 11) is 0. The number of carboxylic acids is 2. The molecule has 7 heteroatoms. The number of aromatic carboxylic acids is 2. The topological polar surface area (TPSA) is 121 Å². The van der Waals surface area contributed by atoms with Crippen molar-refractivity contribution in [3.63, 3.8) is 0 Å². The van der Waals surface area contributed by atoms with Gasteiger partial charge in [0.2, 0.25) is 0 Å². The summed E-state index contributed by atoms with van der Waals surface area (Å²) in [6.45, 7) is 4.94. The molecule has 3 N–H and O–H groups in total. The summed E-state index contributed by atoms with van der Waals surface area (Å²) in [6.07, 6.45) is 25.1. The molecule has 0 aliphatic carbocycles. The Morgan fingerprint density at radius 1 is 0.511 bits per heavy atom. The SMILES string of the molecule is CCCCCCCCCCCCCCCCC(O)C(=O)OCCCCCCCC.O=C(O)c1ccccc1.O=C(O)c1ccccc1. The van der Waals surface area contributed by atoms with Crippen LogP contribution in [0.4, 0.5) is 0 Å². The highest BCUT2D eigenvalue weighted by Gasteiger charge is 2.15. The number of hydrogen-bond donors (Lipinski definition) is 3. The van der Waals surface area contributed by atoms with Crippen molar-refractivity contribution in [2.45, 2.75) is 155 Å². The van der Waals surface area contributed by atoms with Crippen LogP contribution in [0.2, 0.25) is 0 Å². The van der Waals surface area contributed by atoms with E-state index in [4.69, 9.17) is 14.9 Å². The van der Waals surface area contributed by atoms with E-state index < -0.39 is 24.0 Å². The Bertz CT molecular complexity index is 945. The van der Waals surface area contributed by atoms with Crippen LogP contribution in [-0.4, -0.2) is 45.9 Å². The number of carbonyl (C=O) groups excluding carboxylic acids is 1. The average Bonchev–Trinajstić information content (AvgIpc) is 3.09. The van der Waals surface area contributed by atoms with Crippen molar-refractivity contribution in [3.8, 4) is 0 Å². The van der Waals surface area contributed by atoms with Crippen molar-refractivity contribution in [1.82, 2.24) is 0 Å². The highest BCUT2D eigenvalue weighted by atomic mass is 16.5. The first-order valence-electron chi connectivity index (χ1n) is 18.2. The minimum Gasteiger partial charge on any atom is -0.478 e. The minimum atomic E-state index is -0.924. The summed E-state index contributed by atoms with van der Waals surface area (Å²) in [5, 5.41) is 26.7. The summed E-state index contributed by atoms with van der Waals surface area (Å²) in [5.74, 6) is -2.18. The highest BCUT2D eigenvalue weighted by molar-refractivity contribution is 5.87. The molecule has 0 saturated heterocycles. The van der Waals surface area contributed by atoms with Crippen LogP contribution < -0.4 is 0 Å². The van der Waals surface area contributed by atoms with Gasteiger partial charge in [-0.3, -0.25) is 0 Å². The molecule has 1 atom stereocenters. The second-order valence-corrected chi connectivity index (χ2v) is 12.2. The van der Waals surface area contributed by atoms with E-state index in [9.17, 15) is 19.5 Å². The van der Waals surface area contributed by atoms with E-state index in [1.807, 2.05) is 0 Å². The first kappa shape index (κ1) is 43.8. The lowest BCUT2D eigenvalue weighted by Gasteiger charge is -2.10. The number of carbonyl (C=O) groups is 3. The number of esters is 1. The Morgan fingerprint density at radius 2 is 0.830 bits per heavy atom. The number of aliphatic hydroxyl groups excluding tert-OH is 1. The van der Waals surface area contributed by atoms with E-state index in [1.165, 1.54) is 103 Å². The summed E-state index contributed by atoms with van der Waals surface area (Å²) < 4.78 is 5.19. The maximum Gasteiger partial charge on any atom is 0.335 e. The molecule has 2 aromatic rings. The normalized spacial score (nSPS) is 11.0. The predicted octanol–water partition coefficient (Wildman–Crippen LogP) is 10.9. The zero-order valence-electron chi connectivity index (χ0n) is 29.4. The number of ether oxygens (including phenoxy) is 1. The van der Waals surface area contributed by atoms with Gasteiger partial charge < -0.3 is 20.1 Å². The Balaban J connectivity index is 0.000000933. The molecule has 0 fully saturated rings. The molecule has 0 spiro atoms. The molecule has 0 aliphatic heterocycles. The average molecular weight is 657 g/mol. The molecule has 47 heavy (non-hydrogen) atoms. The summed E-state index contributed by atoms with van der Waals surface area (Å²) in [4.78, 5) is 32.2. The number of hydrogen-bond acceptors (Lipinski definition) is 5. The maximum atomic E-state index is 11.8. The third-order valence-corrected chi connectivity index (χ3v) is 7.89. The van der Waals surface area contributed by atoms with Gasteiger partial charge in [0.1, 0.15) is 0 Å². The fraction of sp³-hybridized carbons (Fsp3) is 0.625. The molecule has 2 aromatic carbocycles. The van der Waals surface area contributed by atoms with E-state index in [-0.39, 0.29) is 0 Å². The van der Waals surface area contributed by atoms with Gasteiger partial charge in [-0.25, -0.2) is 14.4 Å². The van der Waals surface area contributed by atoms with Gasteiger partial charge in [-0.15, -0.1) is 0 Å². The molecule has 0 amide bonds. The van der Waals surface area contributed by atoms with Crippen molar-refractivity contribution in [1.29, 1.82) is 0 Å². The zero-order chi connectivity index (χ0) is 34.8. The van der Waals surface area contributed by atoms with Crippen LogP contribution in [0.5, 0.6) is 0 Å². The van der Waals surface area contributed by atoms with Gasteiger partial charge in [-0.05, 0) is 37.1 Å². The van der Waals surface area contributed by atoms with E-state index in [0.29, 0.717) is 24.2 Å². The predicted molar refractivity (Wildman–Crippen MR) is 192 cm³/mol. The minimum absolute atomic E-state index is 0.331. The van der Waals surface area contributed by atoms with Crippen LogP contribution in [0.3, 0.4) is 0 Å². The van der Waals surface area contributed by atoms with E-state index in [1.54, 1.807) is 60.7 Å². The Morgan fingerprint density at radius 3 is 1.15 bits per heavy atom. The monoisotopic (exact) mass is 656 g/mol. The Hall–Kier alpha value is -3.19. The molecule has 7 nitrogen and oxygen atoms in total. The number of carboxylic acid groups (broad SMARTS) is 2. The molecular formula is C40H64O7. The molecule has 2 rings (SSSR count). The second kappa shape index (κ2) is 32.7. The molecule has 0 heterocycles. The van der Waals surface area contributed by atoms with E-state index in [2.05, 4.69) is 13.8 Å². The number of rotatable bonds is 25. The smallest absolute Gasteiger partial charge is 0.335 e. The molecular weight excluding hydrogens is 592 g/mol. The molecule has 0 radical (unpaired) electrons. The summed E-state index contributed by atoms with van der Waals surface area (Å²) in [6, 6.07) is 16.6. The first-order valence-corrected chi connectivity index (χ1v) is 18.2. The second-order valence-electron chi connectivity index (χ2n) is 12.2. The molecule has 266 valence electrons. The van der Waals surface area contributed by atoms with Crippen molar-refractivity contribution >= 4 is 17.9 Å². The van der Waals surface area contributed by atoms with Crippen molar-refractivity contribution < 1.29 is 34.4 Å². The molecule has 0 bridgehead atoms. The highest BCUT2D eigenvalue weighted by Crippen LogP contribution is 2.14. The van der Waals surface area contributed by atoms with Gasteiger partial charge in [-0.1, -0.05) is 172 Å². The van der Waals surface area contributed by atoms with Gasteiger partial charge in [0.25, 0.3) is 0 Å². The molecule has 0 aliphatic rings. The lowest BCUT2D eigenvalue weighted by Crippen LogP contribution is -2.23. The van der Waals surface area contributed by atoms with Gasteiger partial charge >= 0.3 is 17.9 Å². The van der Waals surface area contributed by atoms with Crippen LogP contribution in [0, 0.1) is 0 Å². The summed E-state index contributed by atoms with van der Waals surface area (Å²) >= 11 is 0. The van der Waals surface area contributed by atoms with Crippen LogP contribution in [0.1, 0.15) is 169 Å². The number of aliphatic hydroxyl groups is 1. The third-order valence-electron chi connectivity index (χ3n) is 7.89. The fourth-order valence-corrected chi connectivity index (χ4v) is 4.96. The molecule has 0 aromatic heterocycles. The number of benzene rings is 2. The first-order chi connectivity index (χ1) is 22.8. The van der Waals surface area contributed by atoms with Crippen molar-refractivity contribution in [3.05, 3.63) is 71.8 Å². The van der Waals surface area contributed by atoms with E-state index >= 15 is 0 Å². The van der Waals surface area contributed by atoms with Gasteiger partial charge in [0.05, 0.1) is 17.7 Å². The maximum absolute atomic E-state index is 11.8. The summed E-state index contributed by atoms with van der Waals surface area (Å²) in [5.41, 5.74) is 0.662. The Kier molecular flexibility index (Phi) is 30.5. The van der Waals surface area contributed by atoms with Crippen LogP contribution >= 0.6 is 0 Å². The van der Waals surface area contributed by atoms with Crippen LogP contribution in [0.25, 0.3) is 0 Å². The Labute approximate surface area is 285 Å². The number of unbranched alkanes of at least 4 members (excludes halogenated alkanes) is 18. The van der Waals surface area contributed by atoms with Gasteiger partial charge in [-0.2, -0.15) is 0 Å². The van der Waals surface area contributed by atoms with Crippen molar-refractivity contribution in [2.24, 2.45) is 0 Å². The fourth-order valence-electron chi connectivity index (χ4n) is 4.96.